The van der Waals surface area contributed by atoms with Crippen LogP contribution in [0.1, 0.15) is 52.9 Å². The highest BCUT2D eigenvalue weighted by Gasteiger charge is 2.44. The van der Waals surface area contributed by atoms with Crippen molar-refractivity contribution in [1.29, 1.82) is 0 Å². The summed E-state index contributed by atoms with van der Waals surface area (Å²) in [5.41, 5.74) is 0. The average molecular weight is 307 g/mol. The molecular formula is C19H34OSi. The highest BCUT2D eigenvalue weighted by atomic mass is 28.4. The Bertz CT molecular complexity index is 391. The summed E-state index contributed by atoms with van der Waals surface area (Å²) in [6, 6.07) is 0. The summed E-state index contributed by atoms with van der Waals surface area (Å²) in [4.78, 5) is 0. The smallest absolute Gasteiger partial charge is 0.192 e. The van der Waals surface area contributed by atoms with Crippen molar-refractivity contribution in [1.82, 2.24) is 0 Å². The third-order valence-corrected chi connectivity index (χ3v) is 10.5. The fraction of sp³-hybridized carbons (Fsp3) is 0.789. The zero-order valence-corrected chi connectivity index (χ0v) is 15.7. The van der Waals surface area contributed by atoms with E-state index in [0.717, 1.165) is 0 Å². The van der Waals surface area contributed by atoms with E-state index in [1.807, 2.05) is 0 Å². The fourth-order valence-corrected chi connectivity index (χ4v) is 5.01. The largest absolute Gasteiger partial charge is 0.414 e. The summed E-state index contributed by atoms with van der Waals surface area (Å²) >= 11 is 0. The number of hydrogen-bond acceptors (Lipinski definition) is 1. The molecule has 1 saturated carbocycles. The van der Waals surface area contributed by atoms with Gasteiger partial charge in [0.2, 0.25) is 0 Å². The first-order valence-electron chi connectivity index (χ1n) is 8.71. The SMILES string of the molecule is C=C[C@@H]1C[C@H]2[C@H](/C=C\CCC[C@@H]2O[Si](C)(C)C(C)(C)C)C1. The molecule has 0 bridgehead atoms. The molecule has 0 aromatic rings. The van der Waals surface area contributed by atoms with Gasteiger partial charge >= 0.3 is 0 Å². The highest BCUT2D eigenvalue weighted by Crippen LogP contribution is 2.46. The van der Waals surface area contributed by atoms with Gasteiger partial charge in [-0.1, -0.05) is 39.0 Å². The van der Waals surface area contributed by atoms with Crippen molar-refractivity contribution in [3.63, 3.8) is 0 Å². The molecular weight excluding hydrogens is 272 g/mol. The van der Waals surface area contributed by atoms with E-state index in [-0.39, 0.29) is 0 Å². The number of allylic oxidation sites excluding steroid dienone is 3. The lowest BCUT2D eigenvalue weighted by Crippen LogP contribution is -2.46. The van der Waals surface area contributed by atoms with E-state index < -0.39 is 8.32 Å². The quantitative estimate of drug-likeness (QED) is 0.463. The Balaban J connectivity index is 2.16. The van der Waals surface area contributed by atoms with E-state index in [1.165, 1.54) is 32.1 Å². The maximum Gasteiger partial charge on any atom is 0.192 e. The molecule has 21 heavy (non-hydrogen) atoms. The topological polar surface area (TPSA) is 9.23 Å². The number of hydrogen-bond donors (Lipinski definition) is 0. The molecule has 0 aliphatic heterocycles. The fourth-order valence-electron chi connectivity index (χ4n) is 3.61. The minimum absolute atomic E-state index is 0.303. The molecule has 0 radical (unpaired) electrons. The summed E-state index contributed by atoms with van der Waals surface area (Å²) in [6.07, 6.45) is 13.8. The summed E-state index contributed by atoms with van der Waals surface area (Å²) in [6.45, 7) is 15.9. The highest BCUT2D eigenvalue weighted by molar-refractivity contribution is 6.74. The second-order valence-corrected chi connectivity index (χ2v) is 13.3. The second-order valence-electron chi connectivity index (χ2n) is 8.57. The van der Waals surface area contributed by atoms with Crippen LogP contribution in [-0.4, -0.2) is 14.4 Å². The van der Waals surface area contributed by atoms with Crippen LogP contribution >= 0.6 is 0 Å². The minimum atomic E-state index is -1.67. The maximum absolute atomic E-state index is 6.86. The minimum Gasteiger partial charge on any atom is -0.414 e. The van der Waals surface area contributed by atoms with Crippen molar-refractivity contribution in [3.05, 3.63) is 24.8 Å². The number of fused-ring (bicyclic) bond motifs is 1. The zero-order chi connectivity index (χ0) is 15.7. The Morgan fingerprint density at radius 1 is 1.24 bits per heavy atom. The van der Waals surface area contributed by atoms with Gasteiger partial charge in [-0.05, 0) is 68.0 Å². The monoisotopic (exact) mass is 306 g/mol. The molecule has 0 N–H and O–H groups in total. The Morgan fingerprint density at radius 3 is 2.57 bits per heavy atom. The van der Waals surface area contributed by atoms with Crippen LogP contribution in [0.25, 0.3) is 0 Å². The van der Waals surface area contributed by atoms with Crippen molar-refractivity contribution in [2.24, 2.45) is 17.8 Å². The van der Waals surface area contributed by atoms with E-state index in [1.54, 1.807) is 0 Å². The molecule has 0 amide bonds. The standard InChI is InChI=1S/C19H34OSi/c1-7-15-13-16-11-9-8-10-12-18(17(16)14-15)20-21(5,6)19(2,3)4/h7,9,11,15-18H,1,8,10,12-14H2,2-6H3/b11-9-/t15-,16+,17-,18-/m0/s1. The molecule has 0 aromatic heterocycles. The van der Waals surface area contributed by atoms with E-state index in [0.29, 0.717) is 28.9 Å². The lowest BCUT2D eigenvalue weighted by molar-refractivity contribution is 0.0924. The van der Waals surface area contributed by atoms with Crippen molar-refractivity contribution in [3.8, 4) is 0 Å². The summed E-state index contributed by atoms with van der Waals surface area (Å²) in [5, 5.41) is 0.303. The first-order chi connectivity index (χ1) is 9.74. The Hall–Kier alpha value is -0.343. The molecule has 2 aliphatic rings. The maximum atomic E-state index is 6.86. The third kappa shape index (κ3) is 3.90. The van der Waals surface area contributed by atoms with Gasteiger partial charge in [0.15, 0.2) is 8.32 Å². The van der Waals surface area contributed by atoms with E-state index in [4.69, 9.17) is 4.43 Å². The molecule has 120 valence electrons. The van der Waals surface area contributed by atoms with Crippen LogP contribution in [0.15, 0.2) is 24.8 Å². The summed E-state index contributed by atoms with van der Waals surface area (Å²) in [7, 11) is -1.67. The van der Waals surface area contributed by atoms with Gasteiger partial charge in [-0.25, -0.2) is 0 Å². The van der Waals surface area contributed by atoms with Crippen LogP contribution in [0.2, 0.25) is 18.1 Å². The van der Waals surface area contributed by atoms with Crippen molar-refractivity contribution in [2.45, 2.75) is 77.1 Å². The van der Waals surface area contributed by atoms with Crippen LogP contribution in [-0.2, 0) is 4.43 Å². The van der Waals surface area contributed by atoms with Crippen molar-refractivity contribution >= 4 is 8.32 Å². The molecule has 2 aliphatic carbocycles. The first kappa shape index (κ1) is 17.0. The first-order valence-corrected chi connectivity index (χ1v) is 11.6. The van der Waals surface area contributed by atoms with E-state index in [2.05, 4.69) is 58.7 Å². The van der Waals surface area contributed by atoms with E-state index in [9.17, 15) is 0 Å². The van der Waals surface area contributed by atoms with Gasteiger partial charge in [0, 0.05) is 6.10 Å². The molecule has 2 heteroatoms. The van der Waals surface area contributed by atoms with Crippen LogP contribution in [0.5, 0.6) is 0 Å². The third-order valence-electron chi connectivity index (χ3n) is 6.01. The molecule has 0 unspecified atom stereocenters. The normalized spacial score (nSPS) is 35.7. The van der Waals surface area contributed by atoms with Crippen LogP contribution in [0.3, 0.4) is 0 Å². The average Bonchev–Trinajstić information content (AvgIpc) is 2.75. The Labute approximate surface area is 133 Å². The predicted molar refractivity (Wildman–Crippen MR) is 95.0 cm³/mol. The van der Waals surface area contributed by atoms with Crippen molar-refractivity contribution < 1.29 is 4.43 Å². The molecule has 0 aromatic carbocycles. The molecule has 4 atom stereocenters. The van der Waals surface area contributed by atoms with Crippen molar-refractivity contribution in [2.75, 3.05) is 0 Å². The zero-order valence-electron chi connectivity index (χ0n) is 14.7. The lowest BCUT2D eigenvalue weighted by Gasteiger charge is -2.42. The molecule has 1 nitrogen and oxygen atoms in total. The number of rotatable bonds is 3. The molecule has 0 saturated heterocycles. The molecule has 2 rings (SSSR count). The van der Waals surface area contributed by atoms with Gasteiger partial charge in [0.1, 0.15) is 0 Å². The molecule has 1 fully saturated rings. The van der Waals surface area contributed by atoms with Gasteiger partial charge in [-0.2, -0.15) is 0 Å². The van der Waals surface area contributed by atoms with Gasteiger partial charge in [-0.3, -0.25) is 0 Å². The van der Waals surface area contributed by atoms with E-state index >= 15 is 0 Å². The Kier molecular flexibility index (Phi) is 5.20. The van der Waals surface area contributed by atoms with Gasteiger partial charge in [0.25, 0.3) is 0 Å². The van der Waals surface area contributed by atoms with Gasteiger partial charge in [0.05, 0.1) is 0 Å². The van der Waals surface area contributed by atoms with Gasteiger partial charge < -0.3 is 4.43 Å². The molecule has 0 spiro atoms. The molecule has 0 heterocycles. The van der Waals surface area contributed by atoms with Crippen LogP contribution in [0.4, 0.5) is 0 Å². The summed E-state index contributed by atoms with van der Waals surface area (Å²) in [5.74, 6) is 2.11. The van der Waals surface area contributed by atoms with Gasteiger partial charge in [-0.15, -0.1) is 6.58 Å². The predicted octanol–water partition coefficient (Wildman–Crippen LogP) is 5.95. The lowest BCUT2D eigenvalue weighted by atomic mass is 9.86. The van der Waals surface area contributed by atoms with Crippen LogP contribution < -0.4 is 0 Å². The Morgan fingerprint density at radius 2 is 1.95 bits per heavy atom. The second kappa shape index (κ2) is 6.42. The summed E-state index contributed by atoms with van der Waals surface area (Å²) < 4.78 is 6.86. The van der Waals surface area contributed by atoms with Crippen LogP contribution in [0, 0.1) is 17.8 Å².